The molecule has 0 unspecified atom stereocenters. The summed E-state index contributed by atoms with van der Waals surface area (Å²) < 4.78 is 0. The van der Waals surface area contributed by atoms with Gasteiger partial charge in [-0.15, -0.1) is 0 Å². The Balaban J connectivity index is 1.95. The first kappa shape index (κ1) is 15.5. The van der Waals surface area contributed by atoms with Crippen LogP contribution in [-0.4, -0.2) is 33.3 Å². The molecule has 1 fully saturated rings. The summed E-state index contributed by atoms with van der Waals surface area (Å²) in [6, 6.07) is 6.26. The normalized spacial score (nSPS) is 20.7. The Kier molecular flexibility index (Phi) is 4.30. The fourth-order valence-corrected chi connectivity index (χ4v) is 2.96. The zero-order chi connectivity index (χ0) is 16.4. The molecule has 120 valence electrons. The summed E-state index contributed by atoms with van der Waals surface area (Å²) >= 11 is 0. The van der Waals surface area contributed by atoms with Gasteiger partial charge in [-0.05, 0) is 45.2 Å². The van der Waals surface area contributed by atoms with Gasteiger partial charge in [0.1, 0.15) is 23.4 Å². The summed E-state index contributed by atoms with van der Waals surface area (Å²) in [5.41, 5.74) is 0.377. The van der Waals surface area contributed by atoms with Gasteiger partial charge in [0.25, 0.3) is 0 Å². The number of aliphatic hydroxyl groups excluding tert-OH is 1. The molecule has 23 heavy (non-hydrogen) atoms. The Morgan fingerprint density at radius 2 is 2.17 bits per heavy atom. The smallest absolute Gasteiger partial charge is 0.143 e. The Morgan fingerprint density at radius 3 is 2.83 bits per heavy atom. The minimum absolute atomic E-state index is 0.217. The molecule has 3 N–H and O–H groups in total. The van der Waals surface area contributed by atoms with Crippen molar-refractivity contribution in [1.29, 1.82) is 5.26 Å². The van der Waals surface area contributed by atoms with Crippen molar-refractivity contribution in [1.82, 2.24) is 9.97 Å². The standard InChI is InChI=1S/C17H21N5O/c1-10(2)20-17-15-7-16(21-12-3-4-14(23)6-12)19-9-11(15)5-13(8-18)22-17/h5,7,9-10,12,14,23H,3-4,6H2,1-2H3,(H,19,21)(H,20,22)/t12-,14+/m0/s1. The van der Waals surface area contributed by atoms with Gasteiger partial charge in [-0.3, -0.25) is 0 Å². The van der Waals surface area contributed by atoms with E-state index >= 15 is 0 Å². The van der Waals surface area contributed by atoms with Crippen LogP contribution in [0.25, 0.3) is 10.8 Å². The molecule has 6 heteroatoms. The predicted molar refractivity (Wildman–Crippen MR) is 90.3 cm³/mol. The molecule has 0 aliphatic heterocycles. The number of aromatic nitrogens is 2. The Morgan fingerprint density at radius 1 is 1.35 bits per heavy atom. The number of nitrogens with zero attached hydrogens (tertiary/aromatic N) is 3. The second-order valence-electron chi connectivity index (χ2n) is 6.37. The SMILES string of the molecule is CC(C)Nc1nc(C#N)cc2cnc(N[C@H]3CC[C@@H](O)C3)cc12. The van der Waals surface area contributed by atoms with Crippen LogP contribution in [-0.2, 0) is 0 Å². The molecular formula is C17H21N5O. The average Bonchev–Trinajstić information content (AvgIpc) is 2.92. The lowest BCUT2D eigenvalue weighted by atomic mass is 10.1. The maximum Gasteiger partial charge on any atom is 0.143 e. The molecule has 1 aliphatic rings. The van der Waals surface area contributed by atoms with Crippen LogP contribution < -0.4 is 10.6 Å². The topological polar surface area (TPSA) is 93.9 Å². The van der Waals surface area contributed by atoms with Gasteiger partial charge in [0.15, 0.2) is 0 Å². The van der Waals surface area contributed by atoms with Crippen molar-refractivity contribution in [3.63, 3.8) is 0 Å². The van der Waals surface area contributed by atoms with Crippen LogP contribution >= 0.6 is 0 Å². The number of nitrogens with one attached hydrogen (secondary N) is 2. The van der Waals surface area contributed by atoms with Gasteiger partial charge in [-0.25, -0.2) is 9.97 Å². The van der Waals surface area contributed by atoms with Crippen LogP contribution in [0.3, 0.4) is 0 Å². The van der Waals surface area contributed by atoms with Gasteiger partial charge < -0.3 is 15.7 Å². The minimum atomic E-state index is -0.217. The van der Waals surface area contributed by atoms with Gasteiger partial charge in [-0.1, -0.05) is 0 Å². The van der Waals surface area contributed by atoms with Crippen LogP contribution in [0, 0.1) is 11.3 Å². The molecule has 6 nitrogen and oxygen atoms in total. The molecule has 0 spiro atoms. The van der Waals surface area contributed by atoms with E-state index in [2.05, 4.69) is 26.7 Å². The fraction of sp³-hybridized carbons (Fsp3) is 0.471. The summed E-state index contributed by atoms with van der Waals surface area (Å²) in [7, 11) is 0. The van der Waals surface area contributed by atoms with E-state index in [9.17, 15) is 5.11 Å². The number of hydrogen-bond donors (Lipinski definition) is 3. The molecule has 2 atom stereocenters. The molecule has 1 aliphatic carbocycles. The van der Waals surface area contributed by atoms with Crippen molar-refractivity contribution in [3.8, 4) is 6.07 Å². The third-order valence-corrected chi connectivity index (χ3v) is 4.01. The molecule has 0 aromatic carbocycles. The van der Waals surface area contributed by atoms with E-state index in [1.807, 2.05) is 19.9 Å². The van der Waals surface area contributed by atoms with Crippen LogP contribution in [0.1, 0.15) is 38.8 Å². The molecule has 3 rings (SSSR count). The summed E-state index contributed by atoms with van der Waals surface area (Å²) in [5, 5.41) is 27.3. The lowest BCUT2D eigenvalue weighted by molar-refractivity contribution is 0.182. The number of rotatable bonds is 4. The number of nitriles is 1. The maximum atomic E-state index is 9.64. The number of hydrogen-bond acceptors (Lipinski definition) is 6. The number of aliphatic hydroxyl groups is 1. The highest BCUT2D eigenvalue weighted by atomic mass is 16.3. The molecule has 0 radical (unpaired) electrons. The van der Waals surface area contributed by atoms with E-state index in [1.165, 1.54) is 0 Å². The Bertz CT molecular complexity index is 752. The molecule has 0 bridgehead atoms. The number of pyridine rings is 2. The van der Waals surface area contributed by atoms with E-state index in [0.29, 0.717) is 11.5 Å². The van der Waals surface area contributed by atoms with Crippen molar-refractivity contribution in [2.24, 2.45) is 0 Å². The first-order chi connectivity index (χ1) is 11.0. The quantitative estimate of drug-likeness (QED) is 0.803. The zero-order valence-corrected chi connectivity index (χ0v) is 13.4. The second-order valence-corrected chi connectivity index (χ2v) is 6.37. The van der Waals surface area contributed by atoms with Crippen molar-refractivity contribution in [2.75, 3.05) is 10.6 Å². The Hall–Kier alpha value is -2.39. The van der Waals surface area contributed by atoms with Crippen molar-refractivity contribution >= 4 is 22.4 Å². The van der Waals surface area contributed by atoms with Crippen molar-refractivity contribution < 1.29 is 5.11 Å². The van der Waals surface area contributed by atoms with Crippen LogP contribution in [0.15, 0.2) is 18.3 Å². The second kappa shape index (κ2) is 6.39. The minimum Gasteiger partial charge on any atom is -0.393 e. The third-order valence-electron chi connectivity index (χ3n) is 4.01. The maximum absolute atomic E-state index is 9.64. The monoisotopic (exact) mass is 311 g/mol. The molecule has 0 amide bonds. The highest BCUT2D eigenvalue weighted by Crippen LogP contribution is 2.27. The molecule has 2 aromatic heterocycles. The summed E-state index contributed by atoms with van der Waals surface area (Å²) in [6.45, 7) is 4.07. The first-order valence-electron chi connectivity index (χ1n) is 7.97. The van der Waals surface area contributed by atoms with Gasteiger partial charge in [0.05, 0.1) is 6.10 Å². The van der Waals surface area contributed by atoms with Crippen molar-refractivity contribution in [3.05, 3.63) is 24.0 Å². The van der Waals surface area contributed by atoms with E-state index < -0.39 is 0 Å². The third kappa shape index (κ3) is 3.51. The van der Waals surface area contributed by atoms with Gasteiger partial charge in [0, 0.05) is 29.1 Å². The largest absolute Gasteiger partial charge is 0.393 e. The number of anilines is 2. The van der Waals surface area contributed by atoms with E-state index in [0.717, 1.165) is 35.9 Å². The first-order valence-corrected chi connectivity index (χ1v) is 7.97. The van der Waals surface area contributed by atoms with Gasteiger partial charge >= 0.3 is 0 Å². The summed E-state index contributed by atoms with van der Waals surface area (Å²) in [5.74, 6) is 1.47. The van der Waals surface area contributed by atoms with Gasteiger partial charge in [0.2, 0.25) is 0 Å². The molecule has 2 aromatic rings. The van der Waals surface area contributed by atoms with Crippen LogP contribution in [0.4, 0.5) is 11.6 Å². The molecular weight excluding hydrogens is 290 g/mol. The summed E-state index contributed by atoms with van der Waals surface area (Å²) in [4.78, 5) is 8.81. The van der Waals surface area contributed by atoms with E-state index in [1.54, 1.807) is 12.3 Å². The zero-order valence-electron chi connectivity index (χ0n) is 13.4. The van der Waals surface area contributed by atoms with Crippen LogP contribution in [0.2, 0.25) is 0 Å². The summed E-state index contributed by atoms with van der Waals surface area (Å²) in [6.07, 6.45) is 4.08. The lowest BCUT2D eigenvalue weighted by Gasteiger charge is -2.15. The Labute approximate surface area is 135 Å². The van der Waals surface area contributed by atoms with Crippen molar-refractivity contribution in [2.45, 2.75) is 51.3 Å². The predicted octanol–water partition coefficient (Wildman–Crippen LogP) is 2.65. The van der Waals surface area contributed by atoms with Gasteiger partial charge in [-0.2, -0.15) is 5.26 Å². The molecule has 2 heterocycles. The van der Waals surface area contributed by atoms with E-state index in [-0.39, 0.29) is 18.2 Å². The molecule has 0 saturated heterocycles. The van der Waals surface area contributed by atoms with Crippen LogP contribution in [0.5, 0.6) is 0 Å². The highest BCUT2D eigenvalue weighted by molar-refractivity contribution is 5.93. The molecule has 1 saturated carbocycles. The average molecular weight is 311 g/mol. The fourth-order valence-electron chi connectivity index (χ4n) is 2.96. The van der Waals surface area contributed by atoms with E-state index in [4.69, 9.17) is 5.26 Å². The highest BCUT2D eigenvalue weighted by Gasteiger charge is 2.23. The lowest BCUT2D eigenvalue weighted by Crippen LogP contribution is -2.17. The number of fused-ring (bicyclic) bond motifs is 1.